The first-order chi connectivity index (χ1) is 10.1. The molecule has 1 N–H and O–H groups in total. The highest BCUT2D eigenvalue weighted by molar-refractivity contribution is 9.10. The van der Waals surface area contributed by atoms with Crippen LogP contribution in [0.3, 0.4) is 0 Å². The minimum atomic E-state index is -0.199. The SMILES string of the molecule is CCNC(Cc1ccc(F)cc1)Cc1ccc(Br)cc1Cl. The van der Waals surface area contributed by atoms with E-state index in [1.165, 1.54) is 12.1 Å². The van der Waals surface area contributed by atoms with E-state index in [1.807, 2.05) is 30.3 Å². The molecule has 21 heavy (non-hydrogen) atoms. The van der Waals surface area contributed by atoms with Gasteiger partial charge in [0.25, 0.3) is 0 Å². The molecule has 0 aliphatic heterocycles. The van der Waals surface area contributed by atoms with Gasteiger partial charge in [0.05, 0.1) is 0 Å². The third-order valence-electron chi connectivity index (χ3n) is 3.37. The number of nitrogens with one attached hydrogen (secondary N) is 1. The molecule has 2 aromatic carbocycles. The summed E-state index contributed by atoms with van der Waals surface area (Å²) in [6, 6.07) is 12.9. The molecule has 0 aromatic heterocycles. The maximum absolute atomic E-state index is 13.0. The van der Waals surface area contributed by atoms with Crippen molar-refractivity contribution in [1.82, 2.24) is 5.32 Å². The smallest absolute Gasteiger partial charge is 0.123 e. The zero-order valence-corrected chi connectivity index (χ0v) is 14.2. The lowest BCUT2D eigenvalue weighted by Crippen LogP contribution is -2.33. The van der Waals surface area contributed by atoms with Gasteiger partial charge in [-0.3, -0.25) is 0 Å². The van der Waals surface area contributed by atoms with E-state index < -0.39 is 0 Å². The molecular weight excluding hydrogens is 353 g/mol. The van der Waals surface area contributed by atoms with Crippen molar-refractivity contribution >= 4 is 27.5 Å². The highest BCUT2D eigenvalue weighted by atomic mass is 79.9. The second-order valence-electron chi connectivity index (χ2n) is 5.03. The van der Waals surface area contributed by atoms with E-state index in [9.17, 15) is 4.39 Å². The van der Waals surface area contributed by atoms with E-state index in [0.717, 1.165) is 40.0 Å². The molecule has 4 heteroatoms. The third kappa shape index (κ3) is 5.10. The summed E-state index contributed by atoms with van der Waals surface area (Å²) in [5.41, 5.74) is 2.24. The maximum atomic E-state index is 13.0. The second kappa shape index (κ2) is 7.92. The van der Waals surface area contributed by atoms with Gasteiger partial charge in [-0.15, -0.1) is 0 Å². The molecule has 2 aromatic rings. The normalized spacial score (nSPS) is 12.4. The summed E-state index contributed by atoms with van der Waals surface area (Å²) in [6.07, 6.45) is 1.69. The van der Waals surface area contributed by atoms with Crippen molar-refractivity contribution in [3.8, 4) is 0 Å². The van der Waals surface area contributed by atoms with Gasteiger partial charge in [-0.05, 0) is 54.8 Å². The molecular formula is C17H18BrClFN. The Bertz CT molecular complexity index is 586. The molecule has 0 spiro atoms. The van der Waals surface area contributed by atoms with Crippen LogP contribution in [-0.4, -0.2) is 12.6 Å². The minimum Gasteiger partial charge on any atom is -0.314 e. The van der Waals surface area contributed by atoms with Crippen molar-refractivity contribution in [2.24, 2.45) is 0 Å². The van der Waals surface area contributed by atoms with Crippen molar-refractivity contribution in [2.75, 3.05) is 6.54 Å². The second-order valence-corrected chi connectivity index (χ2v) is 6.35. The van der Waals surface area contributed by atoms with Crippen LogP contribution >= 0.6 is 27.5 Å². The Balaban J connectivity index is 2.09. The fourth-order valence-corrected chi connectivity index (χ4v) is 3.11. The predicted octanol–water partition coefficient (Wildman–Crippen LogP) is 5.00. The van der Waals surface area contributed by atoms with Gasteiger partial charge in [-0.1, -0.05) is 52.7 Å². The molecule has 112 valence electrons. The number of halogens is 3. The molecule has 0 bridgehead atoms. The molecule has 0 radical (unpaired) electrons. The summed E-state index contributed by atoms with van der Waals surface area (Å²) in [4.78, 5) is 0. The summed E-state index contributed by atoms with van der Waals surface area (Å²) >= 11 is 9.71. The van der Waals surface area contributed by atoms with Gasteiger partial charge in [-0.2, -0.15) is 0 Å². The van der Waals surface area contributed by atoms with Crippen molar-refractivity contribution in [1.29, 1.82) is 0 Å². The molecule has 2 rings (SSSR count). The lowest BCUT2D eigenvalue weighted by molar-refractivity contribution is 0.521. The molecule has 0 heterocycles. The van der Waals surface area contributed by atoms with Gasteiger partial charge >= 0.3 is 0 Å². The summed E-state index contributed by atoms with van der Waals surface area (Å²) < 4.78 is 14.0. The van der Waals surface area contributed by atoms with Crippen LogP contribution in [0.2, 0.25) is 5.02 Å². The van der Waals surface area contributed by atoms with E-state index in [1.54, 1.807) is 0 Å². The van der Waals surface area contributed by atoms with Crippen LogP contribution in [0.4, 0.5) is 4.39 Å². The maximum Gasteiger partial charge on any atom is 0.123 e. The van der Waals surface area contributed by atoms with Gasteiger partial charge < -0.3 is 5.32 Å². The van der Waals surface area contributed by atoms with Gasteiger partial charge in [0.15, 0.2) is 0 Å². The molecule has 0 aliphatic rings. The van der Waals surface area contributed by atoms with Crippen molar-refractivity contribution in [3.63, 3.8) is 0 Å². The summed E-state index contributed by atoms with van der Waals surface area (Å²) in [6.45, 7) is 2.97. The van der Waals surface area contributed by atoms with E-state index in [2.05, 4.69) is 28.2 Å². The largest absolute Gasteiger partial charge is 0.314 e. The Hall–Kier alpha value is -0.900. The highest BCUT2D eigenvalue weighted by Crippen LogP contribution is 2.23. The van der Waals surface area contributed by atoms with Gasteiger partial charge in [-0.25, -0.2) is 4.39 Å². The zero-order valence-electron chi connectivity index (χ0n) is 11.9. The number of likely N-dealkylation sites (N-methyl/N-ethyl adjacent to an activating group) is 1. The average Bonchev–Trinajstić information content (AvgIpc) is 2.44. The van der Waals surface area contributed by atoms with Crippen LogP contribution < -0.4 is 5.32 Å². The number of hydrogen-bond donors (Lipinski definition) is 1. The van der Waals surface area contributed by atoms with Crippen molar-refractivity contribution in [2.45, 2.75) is 25.8 Å². The van der Waals surface area contributed by atoms with Crippen LogP contribution in [0, 0.1) is 5.82 Å². The molecule has 0 amide bonds. The summed E-state index contributed by atoms with van der Waals surface area (Å²) in [5, 5.41) is 4.24. The van der Waals surface area contributed by atoms with Crippen LogP contribution in [0.1, 0.15) is 18.1 Å². The number of rotatable bonds is 6. The van der Waals surface area contributed by atoms with Crippen LogP contribution in [0.5, 0.6) is 0 Å². The Labute approximate surface area is 138 Å². The summed E-state index contributed by atoms with van der Waals surface area (Å²) in [7, 11) is 0. The van der Waals surface area contributed by atoms with Gasteiger partial charge in [0, 0.05) is 15.5 Å². The molecule has 0 saturated heterocycles. The fraction of sp³-hybridized carbons (Fsp3) is 0.294. The highest BCUT2D eigenvalue weighted by Gasteiger charge is 2.12. The standard InChI is InChI=1S/C17H18BrClFN/c1-2-21-16(9-12-3-7-15(20)8-4-12)10-13-5-6-14(18)11-17(13)19/h3-8,11,16,21H,2,9-10H2,1H3. The van der Waals surface area contributed by atoms with Crippen molar-refractivity contribution < 1.29 is 4.39 Å². The van der Waals surface area contributed by atoms with Crippen LogP contribution in [0.25, 0.3) is 0 Å². The van der Waals surface area contributed by atoms with E-state index in [0.29, 0.717) is 0 Å². The van der Waals surface area contributed by atoms with Gasteiger partial charge in [0.2, 0.25) is 0 Å². The first-order valence-corrected chi connectivity index (χ1v) is 8.17. The first-order valence-electron chi connectivity index (χ1n) is 7.00. The molecule has 1 atom stereocenters. The van der Waals surface area contributed by atoms with Crippen LogP contribution in [-0.2, 0) is 12.8 Å². The molecule has 0 fully saturated rings. The predicted molar refractivity (Wildman–Crippen MR) is 90.4 cm³/mol. The van der Waals surface area contributed by atoms with E-state index >= 15 is 0 Å². The third-order valence-corrected chi connectivity index (χ3v) is 4.21. The molecule has 1 nitrogen and oxygen atoms in total. The Kier molecular flexibility index (Phi) is 6.22. The Morgan fingerprint density at radius 1 is 1.14 bits per heavy atom. The topological polar surface area (TPSA) is 12.0 Å². The Morgan fingerprint density at radius 3 is 2.48 bits per heavy atom. The lowest BCUT2D eigenvalue weighted by atomic mass is 9.99. The van der Waals surface area contributed by atoms with E-state index in [4.69, 9.17) is 11.6 Å². The monoisotopic (exact) mass is 369 g/mol. The molecule has 0 aliphatic carbocycles. The van der Waals surface area contributed by atoms with Crippen LogP contribution in [0.15, 0.2) is 46.9 Å². The first kappa shape index (κ1) is 16.5. The fourth-order valence-electron chi connectivity index (χ4n) is 2.36. The average molecular weight is 371 g/mol. The molecule has 0 saturated carbocycles. The Morgan fingerprint density at radius 2 is 1.86 bits per heavy atom. The number of hydrogen-bond acceptors (Lipinski definition) is 1. The zero-order chi connectivity index (χ0) is 15.2. The quantitative estimate of drug-likeness (QED) is 0.754. The van der Waals surface area contributed by atoms with Crippen molar-refractivity contribution in [3.05, 3.63) is 68.9 Å². The summed E-state index contributed by atoms with van der Waals surface area (Å²) in [5.74, 6) is -0.199. The minimum absolute atomic E-state index is 0.199. The number of benzene rings is 2. The van der Waals surface area contributed by atoms with E-state index in [-0.39, 0.29) is 11.9 Å². The lowest BCUT2D eigenvalue weighted by Gasteiger charge is -2.19. The molecule has 1 unspecified atom stereocenters. The van der Waals surface area contributed by atoms with Gasteiger partial charge in [0.1, 0.15) is 5.82 Å².